The molecule has 1 aromatic rings. The summed E-state index contributed by atoms with van der Waals surface area (Å²) in [4.78, 5) is 11.7. The summed E-state index contributed by atoms with van der Waals surface area (Å²) in [6.45, 7) is 7.08. The van der Waals surface area contributed by atoms with Gasteiger partial charge in [-0.15, -0.1) is 0 Å². The molecule has 0 spiro atoms. The summed E-state index contributed by atoms with van der Waals surface area (Å²) in [5.74, 6) is -0.264. The van der Waals surface area contributed by atoms with Crippen LogP contribution in [-0.4, -0.2) is 34.9 Å². The first-order valence-electron chi connectivity index (χ1n) is 5.68. The molecular formula is C11H18ClN3O2. The summed E-state index contributed by atoms with van der Waals surface area (Å²) in [6, 6.07) is -0.394. The fraction of sp³-hybridized carbons (Fsp3) is 0.636. The molecule has 1 aromatic heterocycles. The van der Waals surface area contributed by atoms with Gasteiger partial charge in [-0.1, -0.05) is 18.5 Å². The molecule has 1 atom stereocenters. The Balaban J connectivity index is 2.72. The number of carbonyl (C=O) groups is 1. The number of hydrogen-bond acceptors (Lipinski definition) is 4. The lowest BCUT2D eigenvalue weighted by Gasteiger charge is -2.17. The lowest BCUT2D eigenvalue weighted by molar-refractivity contribution is -0.146. The number of likely N-dealkylation sites (N-methyl/N-ethyl adjacent to an activating group) is 1. The quantitative estimate of drug-likeness (QED) is 0.785. The molecule has 0 aromatic carbocycles. The van der Waals surface area contributed by atoms with Crippen molar-refractivity contribution in [2.45, 2.75) is 33.4 Å². The SMILES string of the molecule is CCNC(Cn1ncc(Cl)c1C)C(=O)OCC. The number of esters is 1. The van der Waals surface area contributed by atoms with Gasteiger partial charge in [0.2, 0.25) is 0 Å². The van der Waals surface area contributed by atoms with Crippen LogP contribution >= 0.6 is 11.6 Å². The standard InChI is InChI=1S/C11H18ClN3O2/c1-4-13-10(11(16)17-5-2)7-15-8(3)9(12)6-14-15/h6,10,13H,4-5,7H2,1-3H3. The van der Waals surface area contributed by atoms with E-state index < -0.39 is 6.04 Å². The van der Waals surface area contributed by atoms with Crippen LogP contribution in [0.5, 0.6) is 0 Å². The first kappa shape index (κ1) is 14.0. The van der Waals surface area contributed by atoms with E-state index in [0.717, 1.165) is 5.69 Å². The Hall–Kier alpha value is -1.07. The van der Waals surface area contributed by atoms with E-state index >= 15 is 0 Å². The molecule has 0 aliphatic carbocycles. The van der Waals surface area contributed by atoms with Crippen molar-refractivity contribution in [3.8, 4) is 0 Å². The molecule has 0 aliphatic rings. The molecule has 17 heavy (non-hydrogen) atoms. The van der Waals surface area contributed by atoms with Crippen molar-refractivity contribution in [2.24, 2.45) is 0 Å². The minimum atomic E-state index is -0.394. The van der Waals surface area contributed by atoms with Gasteiger partial charge < -0.3 is 10.1 Å². The Morgan fingerprint density at radius 3 is 2.82 bits per heavy atom. The predicted octanol–water partition coefficient (Wildman–Crippen LogP) is 1.39. The van der Waals surface area contributed by atoms with E-state index in [2.05, 4.69) is 10.4 Å². The highest BCUT2D eigenvalue weighted by Crippen LogP contribution is 2.13. The first-order chi connectivity index (χ1) is 8.10. The number of rotatable bonds is 6. The van der Waals surface area contributed by atoms with Crippen molar-refractivity contribution < 1.29 is 9.53 Å². The maximum absolute atomic E-state index is 11.7. The second kappa shape index (κ2) is 6.61. The average Bonchev–Trinajstić information content (AvgIpc) is 2.60. The lowest BCUT2D eigenvalue weighted by Crippen LogP contribution is -2.41. The fourth-order valence-electron chi connectivity index (χ4n) is 1.49. The van der Waals surface area contributed by atoms with Gasteiger partial charge in [-0.05, 0) is 20.4 Å². The van der Waals surface area contributed by atoms with Gasteiger partial charge in [0.25, 0.3) is 0 Å². The smallest absolute Gasteiger partial charge is 0.325 e. The monoisotopic (exact) mass is 259 g/mol. The van der Waals surface area contributed by atoms with Gasteiger partial charge in [0.15, 0.2) is 0 Å². The second-order valence-electron chi connectivity index (χ2n) is 3.62. The minimum Gasteiger partial charge on any atom is -0.465 e. The third kappa shape index (κ3) is 3.71. The van der Waals surface area contributed by atoms with Gasteiger partial charge in [-0.3, -0.25) is 9.48 Å². The molecule has 0 amide bonds. The molecule has 0 radical (unpaired) electrons. The molecule has 0 saturated heterocycles. The largest absolute Gasteiger partial charge is 0.465 e. The van der Waals surface area contributed by atoms with E-state index in [1.165, 1.54) is 0 Å². The van der Waals surface area contributed by atoms with Gasteiger partial charge in [-0.25, -0.2) is 0 Å². The minimum absolute atomic E-state index is 0.264. The van der Waals surface area contributed by atoms with Gasteiger partial charge in [-0.2, -0.15) is 5.10 Å². The number of nitrogens with one attached hydrogen (secondary N) is 1. The Morgan fingerprint density at radius 2 is 2.35 bits per heavy atom. The summed E-state index contributed by atoms with van der Waals surface area (Å²) >= 11 is 5.91. The third-order valence-electron chi connectivity index (χ3n) is 2.42. The summed E-state index contributed by atoms with van der Waals surface area (Å²) in [5.41, 5.74) is 0.846. The van der Waals surface area contributed by atoms with Crippen LogP contribution < -0.4 is 5.32 Å². The average molecular weight is 260 g/mol. The van der Waals surface area contributed by atoms with E-state index in [9.17, 15) is 4.79 Å². The van der Waals surface area contributed by atoms with E-state index in [1.807, 2.05) is 13.8 Å². The number of nitrogens with zero attached hydrogens (tertiary/aromatic N) is 2. The zero-order valence-electron chi connectivity index (χ0n) is 10.4. The number of aromatic nitrogens is 2. The Morgan fingerprint density at radius 1 is 1.65 bits per heavy atom. The van der Waals surface area contributed by atoms with Crippen molar-refractivity contribution in [2.75, 3.05) is 13.2 Å². The van der Waals surface area contributed by atoms with Crippen molar-refractivity contribution in [1.82, 2.24) is 15.1 Å². The van der Waals surface area contributed by atoms with Gasteiger partial charge in [0.05, 0.1) is 30.1 Å². The topological polar surface area (TPSA) is 56.2 Å². The van der Waals surface area contributed by atoms with Gasteiger partial charge >= 0.3 is 5.97 Å². The van der Waals surface area contributed by atoms with Crippen LogP contribution in [0.1, 0.15) is 19.5 Å². The molecular weight excluding hydrogens is 242 g/mol. The normalized spacial score (nSPS) is 12.5. The summed E-state index contributed by atoms with van der Waals surface area (Å²) < 4.78 is 6.70. The van der Waals surface area contributed by atoms with Crippen LogP contribution in [0.25, 0.3) is 0 Å². The van der Waals surface area contributed by atoms with Crippen molar-refractivity contribution in [3.63, 3.8) is 0 Å². The van der Waals surface area contributed by atoms with Gasteiger partial charge in [0.1, 0.15) is 6.04 Å². The van der Waals surface area contributed by atoms with Crippen LogP contribution in [0, 0.1) is 6.92 Å². The van der Waals surface area contributed by atoms with E-state index in [4.69, 9.17) is 16.3 Å². The summed E-state index contributed by atoms with van der Waals surface area (Å²) in [6.07, 6.45) is 1.57. The molecule has 0 bridgehead atoms. The molecule has 0 fully saturated rings. The molecule has 6 heteroatoms. The fourth-order valence-corrected chi connectivity index (χ4v) is 1.63. The molecule has 1 unspecified atom stereocenters. The van der Waals surface area contributed by atoms with Crippen molar-refractivity contribution in [3.05, 3.63) is 16.9 Å². The van der Waals surface area contributed by atoms with Crippen LogP contribution in [0.3, 0.4) is 0 Å². The Bertz CT molecular complexity index is 379. The molecule has 96 valence electrons. The highest BCUT2D eigenvalue weighted by molar-refractivity contribution is 6.31. The third-order valence-corrected chi connectivity index (χ3v) is 2.79. The molecule has 0 aliphatic heterocycles. The highest BCUT2D eigenvalue weighted by atomic mass is 35.5. The number of hydrogen-bond donors (Lipinski definition) is 1. The number of ether oxygens (including phenoxy) is 1. The number of halogens is 1. The summed E-state index contributed by atoms with van der Waals surface area (Å²) in [7, 11) is 0. The second-order valence-corrected chi connectivity index (χ2v) is 4.03. The summed E-state index contributed by atoms with van der Waals surface area (Å²) in [5, 5.41) is 7.79. The predicted molar refractivity (Wildman–Crippen MR) is 66.1 cm³/mol. The van der Waals surface area contributed by atoms with Crippen LogP contribution in [0.2, 0.25) is 5.02 Å². The van der Waals surface area contributed by atoms with Crippen LogP contribution in [0.15, 0.2) is 6.20 Å². The lowest BCUT2D eigenvalue weighted by atomic mass is 10.3. The van der Waals surface area contributed by atoms with E-state index in [-0.39, 0.29) is 5.97 Å². The molecule has 1 N–H and O–H groups in total. The molecule has 0 saturated carbocycles. The van der Waals surface area contributed by atoms with E-state index in [0.29, 0.717) is 24.7 Å². The Kier molecular flexibility index (Phi) is 5.44. The molecule has 1 heterocycles. The van der Waals surface area contributed by atoms with E-state index in [1.54, 1.807) is 17.8 Å². The van der Waals surface area contributed by atoms with Crippen LogP contribution in [-0.2, 0) is 16.1 Å². The van der Waals surface area contributed by atoms with Crippen molar-refractivity contribution in [1.29, 1.82) is 0 Å². The van der Waals surface area contributed by atoms with Gasteiger partial charge in [0, 0.05) is 0 Å². The highest BCUT2D eigenvalue weighted by Gasteiger charge is 2.20. The zero-order chi connectivity index (χ0) is 12.8. The maximum Gasteiger partial charge on any atom is 0.325 e. The zero-order valence-corrected chi connectivity index (χ0v) is 11.1. The molecule has 5 nitrogen and oxygen atoms in total. The van der Waals surface area contributed by atoms with Crippen molar-refractivity contribution >= 4 is 17.6 Å². The first-order valence-corrected chi connectivity index (χ1v) is 6.05. The number of carbonyl (C=O) groups excluding carboxylic acids is 1. The molecule has 1 rings (SSSR count). The van der Waals surface area contributed by atoms with Crippen LogP contribution in [0.4, 0.5) is 0 Å². The Labute approximate surface area is 106 Å². The maximum atomic E-state index is 11.7.